The van der Waals surface area contributed by atoms with E-state index < -0.39 is 0 Å². The minimum atomic E-state index is -0.258. The number of rotatable bonds is 3. The second kappa shape index (κ2) is 4.85. The molecule has 2 aromatic rings. The highest BCUT2D eigenvalue weighted by Crippen LogP contribution is 2.29. The summed E-state index contributed by atoms with van der Waals surface area (Å²) in [5, 5.41) is 9.82. The van der Waals surface area contributed by atoms with Crippen LogP contribution >= 0.6 is 11.6 Å². The number of nitrogens with one attached hydrogen (secondary N) is 2. The maximum absolute atomic E-state index is 11.5. The number of aromatic amines is 1. The van der Waals surface area contributed by atoms with Crippen LogP contribution in [0.3, 0.4) is 0 Å². The van der Waals surface area contributed by atoms with Crippen molar-refractivity contribution in [2.24, 2.45) is 5.92 Å². The molecule has 0 amide bonds. The van der Waals surface area contributed by atoms with E-state index in [0.717, 1.165) is 18.7 Å². The van der Waals surface area contributed by atoms with Crippen molar-refractivity contribution in [1.29, 1.82) is 0 Å². The van der Waals surface area contributed by atoms with Gasteiger partial charge in [0.1, 0.15) is 11.6 Å². The van der Waals surface area contributed by atoms with Gasteiger partial charge < -0.3 is 5.32 Å². The van der Waals surface area contributed by atoms with Gasteiger partial charge in [0, 0.05) is 18.0 Å². The lowest BCUT2D eigenvalue weighted by molar-refractivity contribution is 0.560. The normalized spacial score (nSPS) is 23.1. The van der Waals surface area contributed by atoms with Gasteiger partial charge in [0.25, 0.3) is 0 Å². The van der Waals surface area contributed by atoms with Crippen LogP contribution in [0.25, 0.3) is 5.65 Å². The van der Waals surface area contributed by atoms with Crippen LogP contribution in [0.2, 0.25) is 0 Å². The van der Waals surface area contributed by atoms with E-state index in [1.54, 1.807) is 13.0 Å². The summed E-state index contributed by atoms with van der Waals surface area (Å²) in [7, 11) is 0. The Morgan fingerprint density at radius 2 is 2.42 bits per heavy atom. The van der Waals surface area contributed by atoms with Crippen LogP contribution in [-0.2, 0) is 0 Å². The lowest BCUT2D eigenvalue weighted by Crippen LogP contribution is -2.26. The first kappa shape index (κ1) is 12.5. The number of nitrogens with zero attached hydrogens (tertiary/aromatic N) is 3. The van der Waals surface area contributed by atoms with Gasteiger partial charge in [-0.05, 0) is 25.7 Å². The molecule has 0 aromatic carbocycles. The molecule has 1 aliphatic rings. The molecule has 3 rings (SSSR count). The Hall–Kier alpha value is -1.56. The Balaban J connectivity index is 1.91. The van der Waals surface area contributed by atoms with Crippen molar-refractivity contribution >= 4 is 23.1 Å². The van der Waals surface area contributed by atoms with Gasteiger partial charge in [0.05, 0.1) is 0 Å². The van der Waals surface area contributed by atoms with Crippen molar-refractivity contribution in [1.82, 2.24) is 19.6 Å². The third-order valence-electron chi connectivity index (χ3n) is 3.76. The fourth-order valence-corrected chi connectivity index (χ4v) is 3.14. The number of anilines is 1. The van der Waals surface area contributed by atoms with E-state index in [9.17, 15) is 4.79 Å². The Labute approximate surface area is 115 Å². The molecule has 0 radical (unpaired) electrons. The van der Waals surface area contributed by atoms with Crippen LogP contribution in [0.1, 0.15) is 25.1 Å². The highest BCUT2D eigenvalue weighted by Gasteiger charge is 2.26. The average molecular weight is 282 g/mol. The van der Waals surface area contributed by atoms with Gasteiger partial charge in [-0.3, -0.25) is 0 Å². The summed E-state index contributed by atoms with van der Waals surface area (Å²) >= 11 is 5.98. The molecule has 6 nitrogen and oxygen atoms in total. The molecule has 0 bridgehead atoms. The van der Waals surface area contributed by atoms with E-state index in [1.807, 2.05) is 0 Å². The summed E-state index contributed by atoms with van der Waals surface area (Å²) in [5.74, 6) is 2.53. The molecular weight excluding hydrogens is 266 g/mol. The number of hydrogen-bond donors (Lipinski definition) is 2. The van der Waals surface area contributed by atoms with Crippen LogP contribution in [0.5, 0.6) is 0 Å². The monoisotopic (exact) mass is 281 g/mol. The van der Waals surface area contributed by atoms with Gasteiger partial charge >= 0.3 is 5.69 Å². The van der Waals surface area contributed by atoms with Crippen LogP contribution < -0.4 is 11.0 Å². The van der Waals surface area contributed by atoms with Crippen molar-refractivity contribution in [2.45, 2.75) is 32.2 Å². The molecule has 2 aromatic heterocycles. The largest absolute Gasteiger partial charge is 0.367 e. The van der Waals surface area contributed by atoms with Crippen LogP contribution in [0.4, 0.5) is 5.82 Å². The zero-order valence-corrected chi connectivity index (χ0v) is 11.4. The zero-order valence-electron chi connectivity index (χ0n) is 10.7. The Kier molecular flexibility index (Phi) is 3.18. The number of aromatic nitrogens is 4. The Bertz CT molecular complexity index is 649. The molecule has 2 heterocycles. The Morgan fingerprint density at radius 3 is 3.21 bits per heavy atom. The van der Waals surface area contributed by atoms with Gasteiger partial charge in [-0.15, -0.1) is 11.6 Å². The van der Waals surface area contributed by atoms with Gasteiger partial charge in [-0.25, -0.2) is 19.3 Å². The number of fused-ring (bicyclic) bond motifs is 1. The Morgan fingerprint density at radius 1 is 1.58 bits per heavy atom. The minimum absolute atomic E-state index is 0.258. The molecule has 1 fully saturated rings. The number of alkyl halides is 1. The molecule has 0 spiro atoms. The van der Waals surface area contributed by atoms with E-state index in [-0.39, 0.29) is 5.69 Å². The third kappa shape index (κ3) is 2.20. The number of hydrogen-bond acceptors (Lipinski definition) is 4. The first-order valence-corrected chi connectivity index (χ1v) is 7.00. The van der Waals surface area contributed by atoms with E-state index in [1.165, 1.54) is 10.8 Å². The van der Waals surface area contributed by atoms with Gasteiger partial charge in [-0.1, -0.05) is 6.42 Å². The number of halogens is 1. The average Bonchev–Trinajstić information content (AvgIpc) is 2.96. The maximum Gasteiger partial charge on any atom is 0.349 e. The maximum atomic E-state index is 11.5. The van der Waals surface area contributed by atoms with Gasteiger partial charge in [0.15, 0.2) is 5.65 Å². The van der Waals surface area contributed by atoms with E-state index in [2.05, 4.69) is 20.5 Å². The highest BCUT2D eigenvalue weighted by atomic mass is 35.5. The number of aryl methyl sites for hydroxylation is 1. The summed E-state index contributed by atoms with van der Waals surface area (Å²) in [6, 6.07) is 2.15. The first-order valence-electron chi connectivity index (χ1n) is 6.46. The van der Waals surface area contributed by atoms with Gasteiger partial charge in [-0.2, -0.15) is 5.10 Å². The second-order valence-corrected chi connectivity index (χ2v) is 5.32. The van der Waals surface area contributed by atoms with E-state index in [0.29, 0.717) is 29.3 Å². The lowest BCUT2D eigenvalue weighted by atomic mass is 10.1. The zero-order chi connectivity index (χ0) is 13.4. The smallest absolute Gasteiger partial charge is 0.349 e. The highest BCUT2D eigenvalue weighted by molar-refractivity contribution is 6.18. The molecule has 1 aliphatic carbocycles. The molecule has 19 heavy (non-hydrogen) atoms. The van der Waals surface area contributed by atoms with Crippen LogP contribution in [0, 0.1) is 12.8 Å². The van der Waals surface area contributed by atoms with Crippen LogP contribution in [0.15, 0.2) is 10.9 Å². The molecule has 2 unspecified atom stereocenters. The van der Waals surface area contributed by atoms with Crippen molar-refractivity contribution in [3.63, 3.8) is 0 Å². The van der Waals surface area contributed by atoms with Crippen LogP contribution in [-0.4, -0.2) is 31.5 Å². The van der Waals surface area contributed by atoms with Crippen molar-refractivity contribution in [2.75, 3.05) is 11.2 Å². The van der Waals surface area contributed by atoms with Crippen molar-refractivity contribution in [3.05, 3.63) is 22.4 Å². The molecule has 102 valence electrons. The molecular formula is C12H16ClN5O. The van der Waals surface area contributed by atoms with Crippen molar-refractivity contribution in [3.8, 4) is 0 Å². The molecule has 7 heteroatoms. The molecule has 1 saturated carbocycles. The van der Waals surface area contributed by atoms with E-state index in [4.69, 9.17) is 11.6 Å². The number of H-pyrrole nitrogens is 1. The topological polar surface area (TPSA) is 75.1 Å². The minimum Gasteiger partial charge on any atom is -0.367 e. The third-order valence-corrected chi connectivity index (χ3v) is 4.16. The lowest BCUT2D eigenvalue weighted by Gasteiger charge is -2.19. The standard InChI is InChI=1S/C12H16ClN5O/c1-7-14-10(5-11-16-17-12(19)18(7)11)15-9-4-2-3-8(9)6-13/h5,8-9,15H,2-4,6H2,1H3,(H,17,19). The summed E-state index contributed by atoms with van der Waals surface area (Å²) in [6.45, 7) is 1.79. The predicted octanol–water partition coefficient (Wildman–Crippen LogP) is 1.55. The summed E-state index contributed by atoms with van der Waals surface area (Å²) in [5.41, 5.74) is 0.325. The fraction of sp³-hybridized carbons (Fsp3) is 0.583. The molecule has 2 atom stereocenters. The van der Waals surface area contributed by atoms with E-state index >= 15 is 0 Å². The molecule has 0 saturated heterocycles. The quantitative estimate of drug-likeness (QED) is 0.837. The SMILES string of the molecule is Cc1nc(NC2CCCC2CCl)cc2n[nH]c(=O)n12. The summed E-state index contributed by atoms with van der Waals surface area (Å²) in [6.07, 6.45) is 3.46. The summed E-state index contributed by atoms with van der Waals surface area (Å²) in [4.78, 5) is 15.9. The second-order valence-electron chi connectivity index (χ2n) is 5.01. The molecule has 2 N–H and O–H groups in total. The first-order chi connectivity index (χ1) is 9.19. The predicted molar refractivity (Wildman–Crippen MR) is 73.8 cm³/mol. The summed E-state index contributed by atoms with van der Waals surface area (Å²) < 4.78 is 1.46. The van der Waals surface area contributed by atoms with Gasteiger partial charge in [0.2, 0.25) is 0 Å². The molecule has 0 aliphatic heterocycles. The fourth-order valence-electron chi connectivity index (χ4n) is 2.77. The van der Waals surface area contributed by atoms with Crippen molar-refractivity contribution < 1.29 is 0 Å².